The van der Waals surface area contributed by atoms with E-state index in [0.29, 0.717) is 5.02 Å². The van der Waals surface area contributed by atoms with Crippen LogP contribution < -0.4 is 0 Å². The minimum atomic E-state index is -0.903. The largest absolute Gasteiger partial charge is 0.385 e. The molecule has 0 aliphatic heterocycles. The van der Waals surface area contributed by atoms with Crippen molar-refractivity contribution in [1.82, 2.24) is 4.98 Å². The van der Waals surface area contributed by atoms with Gasteiger partial charge < -0.3 is 5.11 Å². The summed E-state index contributed by atoms with van der Waals surface area (Å²) in [7, 11) is 0. The Hall–Kier alpha value is -0.900. The minimum Gasteiger partial charge on any atom is -0.385 e. The van der Waals surface area contributed by atoms with E-state index in [0.717, 1.165) is 21.1 Å². The van der Waals surface area contributed by atoms with Gasteiger partial charge in [0.25, 0.3) is 0 Å². The van der Waals surface area contributed by atoms with Crippen molar-refractivity contribution in [3.8, 4) is 10.6 Å². The first-order valence-corrected chi connectivity index (χ1v) is 7.79. The molecule has 0 bridgehead atoms. The highest BCUT2D eigenvalue weighted by atomic mass is 35.5. The Morgan fingerprint density at radius 3 is 2.15 bits per heavy atom. The third-order valence-corrected chi connectivity index (χ3v) is 4.73. The summed E-state index contributed by atoms with van der Waals surface area (Å²) in [6.45, 7) is 9.91. The fraction of sp³-hybridized carbons (Fsp3) is 0.438. The molecule has 0 aliphatic rings. The second kappa shape index (κ2) is 5.14. The molecular formula is C16H20ClNOS. The van der Waals surface area contributed by atoms with E-state index < -0.39 is 5.60 Å². The number of benzene rings is 1. The predicted octanol–water partition coefficient (Wildman–Crippen LogP) is 4.99. The lowest BCUT2D eigenvalue weighted by atomic mass is 9.88. The molecule has 1 N–H and O–H groups in total. The molecule has 0 fully saturated rings. The number of nitrogens with zero attached hydrogens (tertiary/aromatic N) is 1. The molecular weight excluding hydrogens is 290 g/mol. The van der Waals surface area contributed by atoms with Gasteiger partial charge in [-0.2, -0.15) is 0 Å². The van der Waals surface area contributed by atoms with Gasteiger partial charge in [-0.1, -0.05) is 50.6 Å². The summed E-state index contributed by atoms with van der Waals surface area (Å²) in [5.74, 6) is 0. The Bertz CT molecular complexity index is 589. The van der Waals surface area contributed by atoms with Crippen LogP contribution in [0, 0.1) is 0 Å². The monoisotopic (exact) mass is 309 g/mol. The molecule has 0 spiro atoms. The van der Waals surface area contributed by atoms with Crippen LogP contribution in [0.4, 0.5) is 0 Å². The molecule has 0 radical (unpaired) electrons. The van der Waals surface area contributed by atoms with Gasteiger partial charge in [-0.25, -0.2) is 4.98 Å². The first kappa shape index (κ1) is 15.5. The first-order valence-electron chi connectivity index (χ1n) is 6.60. The number of halogens is 1. The van der Waals surface area contributed by atoms with Crippen LogP contribution in [0.2, 0.25) is 5.02 Å². The van der Waals surface area contributed by atoms with Gasteiger partial charge in [0.15, 0.2) is 0 Å². The zero-order valence-corrected chi connectivity index (χ0v) is 14.1. The molecule has 1 aromatic heterocycles. The number of hydrogen-bond donors (Lipinski definition) is 1. The number of aliphatic hydroxyl groups is 1. The standard InChI is InChI=1S/C16H20ClNOS/c1-15(2,3)12-13(16(4,5)19)20-14(18-12)10-8-6-7-9-11(10)17/h6-9,19H,1-5H3. The average molecular weight is 310 g/mol. The van der Waals surface area contributed by atoms with E-state index in [1.54, 1.807) is 13.8 Å². The van der Waals surface area contributed by atoms with Gasteiger partial charge in [-0.05, 0) is 19.9 Å². The summed E-state index contributed by atoms with van der Waals surface area (Å²) >= 11 is 7.77. The Labute approximate surface area is 129 Å². The summed E-state index contributed by atoms with van der Waals surface area (Å²) in [6, 6.07) is 7.67. The van der Waals surface area contributed by atoms with Crippen LogP contribution >= 0.6 is 22.9 Å². The molecule has 0 atom stereocenters. The highest BCUT2D eigenvalue weighted by molar-refractivity contribution is 7.15. The molecule has 1 heterocycles. The zero-order valence-electron chi connectivity index (χ0n) is 12.5. The van der Waals surface area contributed by atoms with Crippen LogP contribution in [0.25, 0.3) is 10.6 Å². The quantitative estimate of drug-likeness (QED) is 0.848. The van der Waals surface area contributed by atoms with E-state index in [4.69, 9.17) is 16.6 Å². The van der Waals surface area contributed by atoms with Gasteiger partial charge in [0.05, 0.1) is 21.2 Å². The van der Waals surface area contributed by atoms with E-state index in [2.05, 4.69) is 20.8 Å². The lowest BCUT2D eigenvalue weighted by molar-refractivity contribution is 0.0803. The SMILES string of the molecule is CC(C)(C)c1nc(-c2ccccc2Cl)sc1C(C)(C)O. The van der Waals surface area contributed by atoms with Crippen LogP contribution in [0.3, 0.4) is 0 Å². The Kier molecular flexibility index (Phi) is 3.98. The smallest absolute Gasteiger partial charge is 0.125 e. The summed E-state index contributed by atoms with van der Waals surface area (Å²) in [4.78, 5) is 5.66. The third kappa shape index (κ3) is 3.05. The fourth-order valence-corrected chi connectivity index (χ4v) is 3.59. The van der Waals surface area contributed by atoms with Gasteiger partial charge in [-0.3, -0.25) is 0 Å². The summed E-state index contributed by atoms with van der Waals surface area (Å²) in [6.07, 6.45) is 0. The lowest BCUT2D eigenvalue weighted by Crippen LogP contribution is -2.22. The molecule has 0 aliphatic carbocycles. The molecule has 0 saturated carbocycles. The van der Waals surface area contributed by atoms with Crippen molar-refractivity contribution in [1.29, 1.82) is 0 Å². The van der Waals surface area contributed by atoms with Gasteiger partial charge in [-0.15, -0.1) is 11.3 Å². The maximum Gasteiger partial charge on any atom is 0.125 e. The van der Waals surface area contributed by atoms with E-state index in [1.807, 2.05) is 24.3 Å². The second-order valence-electron chi connectivity index (χ2n) is 6.49. The summed E-state index contributed by atoms with van der Waals surface area (Å²) in [5.41, 5.74) is 0.829. The molecule has 1 aromatic carbocycles. The van der Waals surface area contributed by atoms with Crippen LogP contribution in [0.1, 0.15) is 45.2 Å². The third-order valence-electron chi connectivity index (χ3n) is 3.00. The van der Waals surface area contributed by atoms with Gasteiger partial charge >= 0.3 is 0 Å². The van der Waals surface area contributed by atoms with Crippen molar-refractivity contribution in [2.45, 2.75) is 45.6 Å². The van der Waals surface area contributed by atoms with E-state index in [-0.39, 0.29) is 5.41 Å². The average Bonchev–Trinajstić information content (AvgIpc) is 2.73. The van der Waals surface area contributed by atoms with Crippen molar-refractivity contribution in [2.24, 2.45) is 0 Å². The summed E-state index contributed by atoms with van der Waals surface area (Å²) in [5, 5.41) is 11.9. The van der Waals surface area contributed by atoms with Crippen molar-refractivity contribution < 1.29 is 5.11 Å². The highest BCUT2D eigenvalue weighted by Gasteiger charge is 2.31. The topological polar surface area (TPSA) is 33.1 Å². The maximum absolute atomic E-state index is 10.4. The molecule has 20 heavy (non-hydrogen) atoms. The van der Waals surface area contributed by atoms with Crippen LogP contribution in [-0.4, -0.2) is 10.1 Å². The van der Waals surface area contributed by atoms with E-state index in [1.165, 1.54) is 11.3 Å². The van der Waals surface area contributed by atoms with E-state index >= 15 is 0 Å². The number of rotatable bonds is 2. The predicted molar refractivity (Wildman–Crippen MR) is 86.5 cm³/mol. The molecule has 0 unspecified atom stereocenters. The second-order valence-corrected chi connectivity index (χ2v) is 7.89. The molecule has 0 saturated heterocycles. The number of thiazole rings is 1. The fourth-order valence-electron chi connectivity index (χ4n) is 1.99. The molecule has 4 heteroatoms. The molecule has 2 aromatic rings. The lowest BCUT2D eigenvalue weighted by Gasteiger charge is -2.23. The molecule has 0 amide bonds. The van der Waals surface area contributed by atoms with Crippen LogP contribution in [0.5, 0.6) is 0 Å². The van der Waals surface area contributed by atoms with Crippen molar-refractivity contribution >= 4 is 22.9 Å². The van der Waals surface area contributed by atoms with Gasteiger partial charge in [0, 0.05) is 11.0 Å². The Balaban J connectivity index is 2.65. The molecule has 108 valence electrons. The van der Waals surface area contributed by atoms with Gasteiger partial charge in [0.1, 0.15) is 5.01 Å². The highest BCUT2D eigenvalue weighted by Crippen LogP contribution is 2.41. The minimum absolute atomic E-state index is 0.120. The van der Waals surface area contributed by atoms with Crippen molar-refractivity contribution in [2.75, 3.05) is 0 Å². The van der Waals surface area contributed by atoms with E-state index in [9.17, 15) is 5.11 Å². The zero-order chi connectivity index (χ0) is 15.1. The normalized spacial score (nSPS) is 12.8. The summed E-state index contributed by atoms with van der Waals surface area (Å²) < 4.78 is 0. The Morgan fingerprint density at radius 2 is 1.70 bits per heavy atom. The molecule has 2 rings (SSSR count). The van der Waals surface area contributed by atoms with Crippen LogP contribution in [0.15, 0.2) is 24.3 Å². The maximum atomic E-state index is 10.4. The van der Waals surface area contributed by atoms with Gasteiger partial charge in [0.2, 0.25) is 0 Å². The molecule has 2 nitrogen and oxygen atoms in total. The number of aromatic nitrogens is 1. The van der Waals surface area contributed by atoms with Crippen molar-refractivity contribution in [3.63, 3.8) is 0 Å². The number of hydrogen-bond acceptors (Lipinski definition) is 3. The Morgan fingerprint density at radius 1 is 1.10 bits per heavy atom. The van der Waals surface area contributed by atoms with Crippen molar-refractivity contribution in [3.05, 3.63) is 39.9 Å². The van der Waals surface area contributed by atoms with Crippen LogP contribution in [-0.2, 0) is 11.0 Å². The first-order chi connectivity index (χ1) is 9.10.